The number of nitrogens with one attached hydrogen (secondary N) is 1. The predicted molar refractivity (Wildman–Crippen MR) is 116 cm³/mol. The first-order valence-corrected chi connectivity index (χ1v) is 10.2. The number of rotatable bonds is 4. The second-order valence-corrected chi connectivity index (χ2v) is 7.87. The average molecular weight is 402 g/mol. The van der Waals surface area contributed by atoms with E-state index in [0.29, 0.717) is 31.9 Å². The summed E-state index contributed by atoms with van der Waals surface area (Å²) >= 11 is 0. The Morgan fingerprint density at radius 3 is 2.67 bits per heavy atom. The lowest BCUT2D eigenvalue weighted by molar-refractivity contribution is -0.124. The van der Waals surface area contributed by atoms with Gasteiger partial charge in [0.05, 0.1) is 5.92 Å². The van der Waals surface area contributed by atoms with Crippen molar-refractivity contribution >= 4 is 11.8 Å². The molecule has 2 heterocycles. The van der Waals surface area contributed by atoms with Crippen molar-refractivity contribution in [3.63, 3.8) is 0 Å². The Bertz CT molecular complexity index is 1060. The first-order valence-electron chi connectivity index (χ1n) is 10.2. The quantitative estimate of drug-likeness (QED) is 0.730. The molecule has 1 atom stereocenters. The van der Waals surface area contributed by atoms with Gasteiger partial charge in [0, 0.05) is 39.1 Å². The molecule has 1 aliphatic rings. The second-order valence-electron chi connectivity index (χ2n) is 7.87. The summed E-state index contributed by atoms with van der Waals surface area (Å²) in [6.45, 7) is 3.41. The molecule has 3 aromatic rings. The van der Waals surface area contributed by atoms with Gasteiger partial charge in [0.25, 0.3) is 5.91 Å². The highest BCUT2D eigenvalue weighted by Gasteiger charge is 2.29. The monoisotopic (exact) mass is 402 g/mol. The molecule has 4 rings (SSSR count). The molecule has 1 saturated heterocycles. The summed E-state index contributed by atoms with van der Waals surface area (Å²) in [6.07, 6.45) is 3.95. The van der Waals surface area contributed by atoms with Crippen molar-refractivity contribution in [3.05, 3.63) is 77.9 Å². The van der Waals surface area contributed by atoms with Crippen molar-refractivity contribution < 1.29 is 9.59 Å². The van der Waals surface area contributed by atoms with Gasteiger partial charge < -0.3 is 14.8 Å². The van der Waals surface area contributed by atoms with Crippen molar-refractivity contribution in [2.75, 3.05) is 19.6 Å². The fourth-order valence-corrected chi connectivity index (χ4v) is 3.90. The molecule has 0 radical (unpaired) electrons. The van der Waals surface area contributed by atoms with E-state index in [9.17, 15) is 9.59 Å². The van der Waals surface area contributed by atoms with Crippen LogP contribution in [0, 0.1) is 12.8 Å². The van der Waals surface area contributed by atoms with Gasteiger partial charge in [-0.3, -0.25) is 9.59 Å². The highest BCUT2D eigenvalue weighted by Crippen LogP contribution is 2.22. The van der Waals surface area contributed by atoms with Crippen LogP contribution in [0.15, 0.2) is 60.9 Å². The lowest BCUT2D eigenvalue weighted by Gasteiger charge is -2.23. The van der Waals surface area contributed by atoms with Crippen molar-refractivity contribution in [1.29, 1.82) is 0 Å². The van der Waals surface area contributed by atoms with Gasteiger partial charge >= 0.3 is 0 Å². The highest BCUT2D eigenvalue weighted by molar-refractivity contribution is 5.91. The van der Waals surface area contributed by atoms with Crippen LogP contribution >= 0.6 is 0 Å². The lowest BCUT2D eigenvalue weighted by atomic mass is 9.95. The summed E-state index contributed by atoms with van der Waals surface area (Å²) in [7, 11) is 1.80. The van der Waals surface area contributed by atoms with Crippen LogP contribution in [0.4, 0.5) is 0 Å². The van der Waals surface area contributed by atoms with Gasteiger partial charge in [0.2, 0.25) is 5.91 Å². The van der Waals surface area contributed by atoms with Crippen LogP contribution in [-0.4, -0.2) is 45.9 Å². The van der Waals surface area contributed by atoms with Crippen LogP contribution in [0.25, 0.3) is 11.1 Å². The summed E-state index contributed by atoms with van der Waals surface area (Å²) in [5.74, 6) is -0.0427. The number of carbonyl (C=O) groups is 2. The molecule has 2 aromatic carbocycles. The number of aromatic nitrogens is 2. The third-order valence-corrected chi connectivity index (χ3v) is 5.58. The minimum absolute atomic E-state index is 0.00657. The molecular formula is C24H26N4O2. The maximum atomic E-state index is 12.9. The third-order valence-electron chi connectivity index (χ3n) is 5.58. The largest absolute Gasteiger partial charge is 0.354 e. The van der Waals surface area contributed by atoms with E-state index >= 15 is 0 Å². The zero-order valence-electron chi connectivity index (χ0n) is 17.3. The number of nitrogens with zero attached hydrogens (tertiary/aromatic N) is 3. The molecule has 0 unspecified atom stereocenters. The van der Waals surface area contributed by atoms with Gasteiger partial charge in [-0.05, 0) is 30.0 Å². The van der Waals surface area contributed by atoms with Crippen molar-refractivity contribution in [1.82, 2.24) is 19.8 Å². The lowest BCUT2D eigenvalue weighted by Crippen LogP contribution is -2.38. The fraction of sp³-hybridized carbons (Fsp3) is 0.292. The summed E-state index contributed by atoms with van der Waals surface area (Å²) < 4.78 is 1.71. The van der Waals surface area contributed by atoms with Gasteiger partial charge in [-0.15, -0.1) is 0 Å². The number of hydrogen-bond acceptors (Lipinski definition) is 3. The number of aryl methyl sites for hydroxylation is 2. The van der Waals surface area contributed by atoms with Crippen molar-refractivity contribution in [2.45, 2.75) is 13.3 Å². The standard InChI is InChI=1S/C24H26N4O2/c1-17-4-3-5-20(14-17)19-8-6-18(7-9-19)15-21-16-28(13-11-26-23(21)29)24(30)22-25-10-12-27(22)2/h3-10,12,14,21H,11,13,15-16H2,1-2H3,(H,26,29)/t21-/m0/s1. The van der Waals surface area contributed by atoms with Gasteiger partial charge in [0.15, 0.2) is 5.82 Å². The van der Waals surface area contributed by atoms with Gasteiger partial charge in [-0.2, -0.15) is 0 Å². The molecule has 30 heavy (non-hydrogen) atoms. The molecule has 1 aliphatic heterocycles. The van der Waals surface area contributed by atoms with E-state index in [1.165, 1.54) is 11.1 Å². The zero-order chi connectivity index (χ0) is 21.1. The van der Waals surface area contributed by atoms with E-state index in [1.54, 1.807) is 28.9 Å². The molecular weight excluding hydrogens is 376 g/mol. The smallest absolute Gasteiger partial charge is 0.289 e. The fourth-order valence-electron chi connectivity index (χ4n) is 3.90. The normalized spacial score (nSPS) is 16.8. The Morgan fingerprint density at radius 1 is 1.17 bits per heavy atom. The van der Waals surface area contributed by atoms with Crippen molar-refractivity contribution in [3.8, 4) is 11.1 Å². The molecule has 6 heteroatoms. The Morgan fingerprint density at radius 2 is 1.97 bits per heavy atom. The van der Waals surface area contributed by atoms with Crippen LogP contribution in [0.3, 0.4) is 0 Å². The molecule has 0 aliphatic carbocycles. The zero-order valence-corrected chi connectivity index (χ0v) is 17.3. The van der Waals surface area contributed by atoms with E-state index in [-0.39, 0.29) is 17.7 Å². The van der Waals surface area contributed by atoms with Crippen LogP contribution in [-0.2, 0) is 18.3 Å². The minimum Gasteiger partial charge on any atom is -0.354 e. The highest BCUT2D eigenvalue weighted by atomic mass is 16.2. The Balaban J connectivity index is 1.49. The third kappa shape index (κ3) is 4.27. The Kier molecular flexibility index (Phi) is 5.65. The number of benzene rings is 2. The van der Waals surface area contributed by atoms with E-state index in [0.717, 1.165) is 11.1 Å². The SMILES string of the molecule is Cc1cccc(-c2ccc(C[C@H]3CN(C(=O)c4nccn4C)CCNC3=O)cc2)c1. The first-order chi connectivity index (χ1) is 14.5. The first kappa shape index (κ1) is 19.9. The van der Waals surface area contributed by atoms with E-state index in [2.05, 4.69) is 65.8 Å². The molecule has 0 bridgehead atoms. The van der Waals surface area contributed by atoms with Crippen LogP contribution in [0.5, 0.6) is 0 Å². The molecule has 6 nitrogen and oxygen atoms in total. The number of imidazole rings is 1. The number of carbonyl (C=O) groups excluding carboxylic acids is 2. The number of amides is 2. The predicted octanol–water partition coefficient (Wildman–Crippen LogP) is 2.83. The molecule has 1 aromatic heterocycles. The topological polar surface area (TPSA) is 67.2 Å². The van der Waals surface area contributed by atoms with E-state index in [4.69, 9.17) is 0 Å². The summed E-state index contributed by atoms with van der Waals surface area (Å²) in [6, 6.07) is 16.7. The Labute approximate surface area is 176 Å². The maximum absolute atomic E-state index is 12.9. The molecule has 0 spiro atoms. The molecule has 0 saturated carbocycles. The van der Waals surface area contributed by atoms with Crippen LogP contribution in [0.2, 0.25) is 0 Å². The van der Waals surface area contributed by atoms with Crippen LogP contribution < -0.4 is 5.32 Å². The summed E-state index contributed by atoms with van der Waals surface area (Å²) in [5, 5.41) is 2.94. The molecule has 154 valence electrons. The molecule has 1 fully saturated rings. The Hall–Kier alpha value is -3.41. The van der Waals surface area contributed by atoms with Gasteiger partial charge in [-0.25, -0.2) is 4.98 Å². The van der Waals surface area contributed by atoms with Crippen molar-refractivity contribution in [2.24, 2.45) is 13.0 Å². The van der Waals surface area contributed by atoms with Gasteiger partial charge in [0.1, 0.15) is 0 Å². The number of hydrogen-bond donors (Lipinski definition) is 1. The average Bonchev–Trinajstić information content (AvgIpc) is 3.09. The van der Waals surface area contributed by atoms with E-state index in [1.807, 2.05) is 0 Å². The maximum Gasteiger partial charge on any atom is 0.289 e. The summed E-state index contributed by atoms with van der Waals surface area (Å²) in [5.41, 5.74) is 4.64. The second kappa shape index (κ2) is 8.53. The summed E-state index contributed by atoms with van der Waals surface area (Å²) in [4.78, 5) is 31.4. The van der Waals surface area contributed by atoms with E-state index < -0.39 is 0 Å². The molecule has 1 N–H and O–H groups in total. The van der Waals surface area contributed by atoms with Gasteiger partial charge in [-0.1, -0.05) is 54.1 Å². The minimum atomic E-state index is -0.290. The molecule has 2 amide bonds. The van der Waals surface area contributed by atoms with Crippen LogP contribution in [0.1, 0.15) is 21.7 Å².